The van der Waals surface area contributed by atoms with Crippen molar-refractivity contribution in [1.82, 2.24) is 4.98 Å². The highest BCUT2D eigenvalue weighted by atomic mass is 14.7. The third kappa shape index (κ3) is 1.88. The largest absolute Gasteiger partial charge is 0.326 e. The van der Waals surface area contributed by atoms with E-state index in [2.05, 4.69) is 11.6 Å². The van der Waals surface area contributed by atoms with Crippen molar-refractivity contribution in [3.8, 4) is 11.3 Å². The third-order valence-electron chi connectivity index (χ3n) is 2.54. The highest BCUT2D eigenvalue weighted by Gasteiger charge is 2.08. The van der Waals surface area contributed by atoms with Gasteiger partial charge in [-0.25, -0.2) is 0 Å². The topological polar surface area (TPSA) is 38.9 Å². The predicted octanol–water partition coefficient (Wildman–Crippen LogP) is 2.85. The summed E-state index contributed by atoms with van der Waals surface area (Å²) >= 11 is 0. The van der Waals surface area contributed by atoms with Gasteiger partial charge in [0.05, 0.1) is 5.69 Å². The van der Waals surface area contributed by atoms with E-state index in [1.165, 1.54) is 0 Å². The van der Waals surface area contributed by atoms with Gasteiger partial charge in [-0.2, -0.15) is 0 Å². The van der Waals surface area contributed by atoms with Crippen LogP contribution in [-0.2, 0) is 6.54 Å². The van der Waals surface area contributed by atoms with Gasteiger partial charge < -0.3 is 5.73 Å². The minimum atomic E-state index is 0.508. The lowest BCUT2D eigenvalue weighted by Gasteiger charge is -2.10. The normalized spacial score (nSPS) is 10.1. The fourth-order valence-corrected chi connectivity index (χ4v) is 1.78. The molecule has 2 N–H and O–H groups in total. The van der Waals surface area contributed by atoms with Crippen LogP contribution in [0.1, 0.15) is 11.1 Å². The third-order valence-corrected chi connectivity index (χ3v) is 2.54. The molecule has 2 rings (SSSR count). The van der Waals surface area contributed by atoms with Crippen LogP contribution in [0.5, 0.6) is 0 Å². The van der Waals surface area contributed by atoms with E-state index in [4.69, 9.17) is 5.73 Å². The van der Waals surface area contributed by atoms with Crippen LogP contribution in [0, 0.1) is 0 Å². The van der Waals surface area contributed by atoms with Crippen molar-refractivity contribution >= 4 is 6.08 Å². The van der Waals surface area contributed by atoms with Gasteiger partial charge >= 0.3 is 0 Å². The number of rotatable bonds is 3. The molecular formula is C14H14N2. The Morgan fingerprint density at radius 2 is 2.06 bits per heavy atom. The Balaban J connectivity index is 2.66. The van der Waals surface area contributed by atoms with Crippen molar-refractivity contribution in [3.63, 3.8) is 0 Å². The van der Waals surface area contributed by atoms with E-state index in [0.717, 1.165) is 22.4 Å². The number of benzene rings is 1. The fraction of sp³-hybridized carbons (Fsp3) is 0.0714. The average molecular weight is 210 g/mol. The standard InChI is InChI=1S/C14H14N2/c1-2-11-6-5-7-12(10-15)14(11)13-8-3-4-9-16-13/h2-9H,1,10,15H2. The minimum absolute atomic E-state index is 0.508. The van der Waals surface area contributed by atoms with Crippen molar-refractivity contribution in [1.29, 1.82) is 0 Å². The molecule has 0 amide bonds. The molecular weight excluding hydrogens is 196 g/mol. The SMILES string of the molecule is C=Cc1cccc(CN)c1-c1ccccn1. The average Bonchev–Trinajstić information content (AvgIpc) is 2.38. The smallest absolute Gasteiger partial charge is 0.0711 e. The van der Waals surface area contributed by atoms with Gasteiger partial charge in [0.2, 0.25) is 0 Å². The van der Waals surface area contributed by atoms with Gasteiger partial charge in [-0.3, -0.25) is 4.98 Å². The molecule has 2 aromatic rings. The zero-order chi connectivity index (χ0) is 11.4. The van der Waals surface area contributed by atoms with Crippen LogP contribution in [0.4, 0.5) is 0 Å². The number of hydrogen-bond donors (Lipinski definition) is 1. The Morgan fingerprint density at radius 1 is 1.19 bits per heavy atom. The van der Waals surface area contributed by atoms with Gasteiger partial charge in [-0.05, 0) is 23.3 Å². The lowest BCUT2D eigenvalue weighted by Crippen LogP contribution is -2.01. The van der Waals surface area contributed by atoms with E-state index >= 15 is 0 Å². The molecule has 80 valence electrons. The van der Waals surface area contributed by atoms with Crippen LogP contribution in [-0.4, -0.2) is 4.98 Å². The van der Waals surface area contributed by atoms with Crippen molar-refractivity contribution in [2.75, 3.05) is 0 Å². The molecule has 0 atom stereocenters. The van der Waals surface area contributed by atoms with Gasteiger partial charge in [0.1, 0.15) is 0 Å². The summed E-state index contributed by atoms with van der Waals surface area (Å²) in [6.07, 6.45) is 3.62. The van der Waals surface area contributed by atoms with E-state index in [1.807, 2.05) is 42.5 Å². The molecule has 0 bridgehead atoms. The second-order valence-electron chi connectivity index (χ2n) is 3.50. The molecule has 0 saturated carbocycles. The lowest BCUT2D eigenvalue weighted by atomic mass is 9.97. The van der Waals surface area contributed by atoms with Gasteiger partial charge in [0.15, 0.2) is 0 Å². The first kappa shape index (κ1) is 10.6. The Kier molecular flexibility index (Phi) is 3.13. The predicted molar refractivity (Wildman–Crippen MR) is 67.7 cm³/mol. The summed E-state index contributed by atoms with van der Waals surface area (Å²) in [5.41, 5.74) is 9.94. The lowest BCUT2D eigenvalue weighted by molar-refractivity contribution is 1.07. The quantitative estimate of drug-likeness (QED) is 0.846. The van der Waals surface area contributed by atoms with Crippen molar-refractivity contribution in [2.24, 2.45) is 5.73 Å². The van der Waals surface area contributed by atoms with Crippen LogP contribution in [0.25, 0.3) is 17.3 Å². The van der Waals surface area contributed by atoms with Crippen LogP contribution in [0.3, 0.4) is 0 Å². The summed E-state index contributed by atoms with van der Waals surface area (Å²) in [6, 6.07) is 11.9. The summed E-state index contributed by atoms with van der Waals surface area (Å²) < 4.78 is 0. The first-order chi connectivity index (χ1) is 7.86. The van der Waals surface area contributed by atoms with Gasteiger partial charge in [-0.1, -0.05) is 36.9 Å². The molecule has 0 aliphatic heterocycles. The summed E-state index contributed by atoms with van der Waals surface area (Å²) in [5, 5.41) is 0. The molecule has 0 radical (unpaired) electrons. The van der Waals surface area contributed by atoms with Gasteiger partial charge in [0.25, 0.3) is 0 Å². The van der Waals surface area contributed by atoms with Gasteiger partial charge in [-0.15, -0.1) is 0 Å². The molecule has 1 aromatic carbocycles. The number of pyridine rings is 1. The number of nitrogens with two attached hydrogens (primary N) is 1. The van der Waals surface area contributed by atoms with Crippen molar-refractivity contribution < 1.29 is 0 Å². The Morgan fingerprint density at radius 3 is 2.69 bits per heavy atom. The molecule has 0 spiro atoms. The summed E-state index contributed by atoms with van der Waals surface area (Å²) in [6.45, 7) is 4.33. The second-order valence-corrected chi connectivity index (χ2v) is 3.50. The van der Waals surface area contributed by atoms with E-state index in [1.54, 1.807) is 6.20 Å². The Hall–Kier alpha value is -1.93. The van der Waals surface area contributed by atoms with E-state index in [-0.39, 0.29) is 0 Å². The summed E-state index contributed by atoms with van der Waals surface area (Å²) in [5.74, 6) is 0. The van der Waals surface area contributed by atoms with Crippen LogP contribution >= 0.6 is 0 Å². The van der Waals surface area contributed by atoms with E-state index in [0.29, 0.717) is 6.54 Å². The molecule has 0 saturated heterocycles. The Labute approximate surface area is 95.5 Å². The maximum absolute atomic E-state index is 5.75. The van der Waals surface area contributed by atoms with Crippen LogP contribution in [0.15, 0.2) is 49.2 Å². The first-order valence-electron chi connectivity index (χ1n) is 5.22. The number of hydrogen-bond acceptors (Lipinski definition) is 2. The molecule has 16 heavy (non-hydrogen) atoms. The first-order valence-corrected chi connectivity index (χ1v) is 5.22. The molecule has 2 nitrogen and oxygen atoms in total. The monoisotopic (exact) mass is 210 g/mol. The van der Waals surface area contributed by atoms with Crippen molar-refractivity contribution in [2.45, 2.75) is 6.54 Å². The van der Waals surface area contributed by atoms with E-state index < -0.39 is 0 Å². The molecule has 1 heterocycles. The molecule has 0 unspecified atom stereocenters. The second kappa shape index (κ2) is 4.73. The van der Waals surface area contributed by atoms with Crippen molar-refractivity contribution in [3.05, 3.63) is 60.3 Å². The molecule has 0 fully saturated rings. The fourth-order valence-electron chi connectivity index (χ4n) is 1.78. The molecule has 1 aromatic heterocycles. The van der Waals surface area contributed by atoms with E-state index in [9.17, 15) is 0 Å². The molecule has 2 heteroatoms. The number of nitrogens with zero attached hydrogens (tertiary/aromatic N) is 1. The molecule has 0 aliphatic rings. The van der Waals surface area contributed by atoms with Crippen LogP contribution < -0.4 is 5.73 Å². The Bertz CT molecular complexity index is 489. The maximum Gasteiger partial charge on any atom is 0.0711 e. The number of aromatic nitrogens is 1. The minimum Gasteiger partial charge on any atom is -0.326 e. The zero-order valence-electron chi connectivity index (χ0n) is 9.06. The molecule has 0 aliphatic carbocycles. The van der Waals surface area contributed by atoms with Gasteiger partial charge in [0, 0.05) is 18.3 Å². The maximum atomic E-state index is 5.75. The summed E-state index contributed by atoms with van der Waals surface area (Å²) in [7, 11) is 0. The highest BCUT2D eigenvalue weighted by Crippen LogP contribution is 2.26. The van der Waals surface area contributed by atoms with Crippen LogP contribution in [0.2, 0.25) is 0 Å². The highest BCUT2D eigenvalue weighted by molar-refractivity contribution is 5.75. The zero-order valence-corrected chi connectivity index (χ0v) is 9.06. The summed E-state index contributed by atoms with van der Waals surface area (Å²) in [4.78, 5) is 4.36.